The number of fused-ring (bicyclic) bond motifs is 1. The first-order valence-corrected chi connectivity index (χ1v) is 11.0. The zero-order valence-electron chi connectivity index (χ0n) is 15.9. The van der Waals surface area contributed by atoms with Crippen molar-refractivity contribution < 1.29 is 9.53 Å². The van der Waals surface area contributed by atoms with Gasteiger partial charge in [-0.2, -0.15) is 11.3 Å². The number of carbonyl (C=O) groups is 1. The summed E-state index contributed by atoms with van der Waals surface area (Å²) in [4.78, 5) is 17.2. The zero-order valence-corrected chi connectivity index (χ0v) is 16.7. The molecular formula is C22H28N2O2S. The van der Waals surface area contributed by atoms with Crippen molar-refractivity contribution in [2.75, 3.05) is 26.2 Å². The van der Waals surface area contributed by atoms with Crippen LogP contribution in [0.25, 0.3) is 0 Å². The van der Waals surface area contributed by atoms with E-state index in [1.807, 2.05) is 16.3 Å². The number of hydrogen-bond donors (Lipinski definition) is 0. The predicted molar refractivity (Wildman–Crippen MR) is 109 cm³/mol. The van der Waals surface area contributed by atoms with E-state index in [2.05, 4.69) is 28.5 Å². The molecule has 2 aliphatic heterocycles. The molecule has 1 amide bonds. The summed E-state index contributed by atoms with van der Waals surface area (Å²) in [6.45, 7) is 5.24. The van der Waals surface area contributed by atoms with Gasteiger partial charge in [0.15, 0.2) is 0 Å². The van der Waals surface area contributed by atoms with Gasteiger partial charge < -0.3 is 9.64 Å². The topological polar surface area (TPSA) is 32.8 Å². The summed E-state index contributed by atoms with van der Waals surface area (Å²) in [6, 6.07) is 8.56. The van der Waals surface area contributed by atoms with Gasteiger partial charge in [0, 0.05) is 18.7 Å². The highest BCUT2D eigenvalue weighted by Crippen LogP contribution is 2.26. The molecular weight excluding hydrogens is 356 g/mol. The molecule has 1 aromatic carbocycles. The highest BCUT2D eigenvalue weighted by atomic mass is 32.1. The van der Waals surface area contributed by atoms with E-state index in [1.54, 1.807) is 11.3 Å². The van der Waals surface area contributed by atoms with Crippen LogP contribution in [0.3, 0.4) is 0 Å². The molecule has 4 nitrogen and oxygen atoms in total. The van der Waals surface area contributed by atoms with E-state index in [0.717, 1.165) is 23.4 Å². The van der Waals surface area contributed by atoms with Gasteiger partial charge in [-0.25, -0.2) is 0 Å². The number of thiophene rings is 1. The molecule has 0 spiro atoms. The maximum absolute atomic E-state index is 12.7. The molecule has 1 saturated heterocycles. The first kappa shape index (κ1) is 18.5. The molecule has 0 saturated carbocycles. The van der Waals surface area contributed by atoms with E-state index in [9.17, 15) is 4.79 Å². The van der Waals surface area contributed by atoms with E-state index in [-0.39, 0.29) is 5.91 Å². The number of hydrogen-bond acceptors (Lipinski definition) is 4. The van der Waals surface area contributed by atoms with E-state index in [4.69, 9.17) is 4.74 Å². The first-order valence-electron chi connectivity index (χ1n) is 10.0. The van der Waals surface area contributed by atoms with Crippen molar-refractivity contribution >= 4 is 17.2 Å². The Kier molecular flexibility index (Phi) is 6.10. The second-order valence-corrected chi connectivity index (χ2v) is 8.38. The van der Waals surface area contributed by atoms with Crippen molar-refractivity contribution in [3.05, 3.63) is 51.7 Å². The second-order valence-electron chi connectivity index (χ2n) is 7.60. The molecule has 0 unspecified atom stereocenters. The Balaban J connectivity index is 1.44. The number of carbonyl (C=O) groups excluding carboxylic acids is 1. The summed E-state index contributed by atoms with van der Waals surface area (Å²) in [5.41, 5.74) is 3.56. The summed E-state index contributed by atoms with van der Waals surface area (Å²) in [7, 11) is 0. The lowest BCUT2D eigenvalue weighted by Crippen LogP contribution is -2.33. The third-order valence-electron chi connectivity index (χ3n) is 5.50. The van der Waals surface area contributed by atoms with Gasteiger partial charge in [-0.3, -0.25) is 9.69 Å². The summed E-state index contributed by atoms with van der Waals surface area (Å²) >= 11 is 1.64. The molecule has 5 heteroatoms. The maximum atomic E-state index is 12.7. The standard InChI is InChI=1S/C22H28N2O2S/c25-22(14-19-7-12-27-17-19)24-10-11-26-21-6-5-18(13-20(21)16-24)15-23-8-3-1-2-4-9-23/h5-7,12-13,17H,1-4,8-11,14-16H2. The third kappa shape index (κ3) is 4.90. The quantitative estimate of drug-likeness (QED) is 0.796. The fraction of sp³-hybridized carbons (Fsp3) is 0.500. The molecule has 1 fully saturated rings. The SMILES string of the molecule is O=C(Cc1ccsc1)N1CCOc2ccc(CN3CCCCCC3)cc2C1. The number of benzene rings is 1. The van der Waals surface area contributed by atoms with Crippen LogP contribution in [0.2, 0.25) is 0 Å². The Hall–Kier alpha value is -1.85. The van der Waals surface area contributed by atoms with E-state index in [0.29, 0.717) is 26.1 Å². The van der Waals surface area contributed by atoms with Crippen LogP contribution in [-0.2, 0) is 24.3 Å². The van der Waals surface area contributed by atoms with Gasteiger partial charge in [0.1, 0.15) is 12.4 Å². The average Bonchev–Trinajstić information content (AvgIpc) is 2.92. The molecule has 0 radical (unpaired) electrons. The Morgan fingerprint density at radius 1 is 1.04 bits per heavy atom. The third-order valence-corrected chi connectivity index (χ3v) is 6.23. The minimum Gasteiger partial charge on any atom is -0.491 e. The Labute approximate surface area is 165 Å². The van der Waals surface area contributed by atoms with Gasteiger partial charge >= 0.3 is 0 Å². The smallest absolute Gasteiger partial charge is 0.227 e. The number of likely N-dealkylation sites (tertiary alicyclic amines) is 1. The minimum absolute atomic E-state index is 0.183. The summed E-state index contributed by atoms with van der Waals surface area (Å²) in [5, 5.41) is 4.08. The summed E-state index contributed by atoms with van der Waals surface area (Å²) in [5.74, 6) is 1.11. The molecule has 0 atom stereocenters. The van der Waals surface area contributed by atoms with Crippen LogP contribution in [0.15, 0.2) is 35.0 Å². The van der Waals surface area contributed by atoms with Crippen LogP contribution in [0.4, 0.5) is 0 Å². The second kappa shape index (κ2) is 8.89. The van der Waals surface area contributed by atoms with Gasteiger partial charge in [-0.1, -0.05) is 18.9 Å². The lowest BCUT2D eigenvalue weighted by atomic mass is 10.1. The van der Waals surface area contributed by atoms with Crippen molar-refractivity contribution in [1.29, 1.82) is 0 Å². The van der Waals surface area contributed by atoms with Crippen LogP contribution in [0.1, 0.15) is 42.4 Å². The number of nitrogens with zero attached hydrogens (tertiary/aromatic N) is 2. The van der Waals surface area contributed by atoms with Crippen LogP contribution < -0.4 is 4.74 Å². The molecule has 4 rings (SSSR count). The molecule has 3 heterocycles. The number of amides is 1. The van der Waals surface area contributed by atoms with Crippen LogP contribution >= 0.6 is 11.3 Å². The Morgan fingerprint density at radius 3 is 2.67 bits per heavy atom. The van der Waals surface area contributed by atoms with Gasteiger partial charge in [0.2, 0.25) is 5.91 Å². The van der Waals surface area contributed by atoms with Crippen molar-refractivity contribution in [2.45, 2.75) is 45.2 Å². The van der Waals surface area contributed by atoms with Crippen molar-refractivity contribution in [3.8, 4) is 5.75 Å². The molecule has 0 bridgehead atoms. The number of rotatable bonds is 4. The minimum atomic E-state index is 0.183. The molecule has 0 aliphatic carbocycles. The highest BCUT2D eigenvalue weighted by Gasteiger charge is 2.21. The fourth-order valence-corrected chi connectivity index (χ4v) is 4.66. The number of ether oxygens (including phenoxy) is 1. The normalized spacial score (nSPS) is 18.3. The molecule has 2 aromatic rings. The average molecular weight is 385 g/mol. The predicted octanol–water partition coefficient (Wildman–Crippen LogP) is 4.09. The van der Waals surface area contributed by atoms with Gasteiger partial charge in [-0.15, -0.1) is 0 Å². The van der Waals surface area contributed by atoms with Crippen molar-refractivity contribution in [1.82, 2.24) is 9.80 Å². The molecule has 27 heavy (non-hydrogen) atoms. The van der Waals surface area contributed by atoms with E-state index >= 15 is 0 Å². The Bertz CT molecular complexity index is 752. The van der Waals surface area contributed by atoms with Crippen LogP contribution in [-0.4, -0.2) is 41.9 Å². The molecule has 1 aromatic heterocycles. The Morgan fingerprint density at radius 2 is 1.89 bits per heavy atom. The zero-order chi connectivity index (χ0) is 18.5. The molecule has 144 valence electrons. The largest absolute Gasteiger partial charge is 0.491 e. The maximum Gasteiger partial charge on any atom is 0.227 e. The van der Waals surface area contributed by atoms with E-state index < -0.39 is 0 Å². The monoisotopic (exact) mass is 384 g/mol. The van der Waals surface area contributed by atoms with Crippen LogP contribution in [0, 0.1) is 0 Å². The van der Waals surface area contributed by atoms with Crippen molar-refractivity contribution in [2.24, 2.45) is 0 Å². The van der Waals surface area contributed by atoms with Gasteiger partial charge in [-0.05, 0) is 66.0 Å². The lowest BCUT2D eigenvalue weighted by molar-refractivity contribution is -0.131. The lowest BCUT2D eigenvalue weighted by Gasteiger charge is -2.22. The summed E-state index contributed by atoms with van der Waals surface area (Å²) in [6.07, 6.45) is 5.80. The van der Waals surface area contributed by atoms with Crippen molar-refractivity contribution in [3.63, 3.8) is 0 Å². The summed E-state index contributed by atoms with van der Waals surface area (Å²) < 4.78 is 5.92. The molecule has 0 N–H and O–H groups in total. The molecule has 2 aliphatic rings. The van der Waals surface area contributed by atoms with Gasteiger partial charge in [0.05, 0.1) is 13.0 Å². The first-order chi connectivity index (χ1) is 13.3. The van der Waals surface area contributed by atoms with E-state index in [1.165, 1.54) is 44.3 Å². The van der Waals surface area contributed by atoms with Crippen LogP contribution in [0.5, 0.6) is 5.75 Å². The van der Waals surface area contributed by atoms with Gasteiger partial charge in [0.25, 0.3) is 0 Å². The fourth-order valence-electron chi connectivity index (χ4n) is 3.99. The highest BCUT2D eigenvalue weighted by molar-refractivity contribution is 7.08.